The molecule has 6 nitrogen and oxygen atoms in total. The van der Waals surface area contributed by atoms with Crippen molar-refractivity contribution < 1.29 is 4.79 Å². The van der Waals surface area contributed by atoms with Crippen molar-refractivity contribution in [3.05, 3.63) is 47.0 Å². The molecule has 3 heterocycles. The minimum Gasteiger partial charge on any atom is -0.332 e. The highest BCUT2D eigenvalue weighted by Gasteiger charge is 2.34. The van der Waals surface area contributed by atoms with E-state index in [4.69, 9.17) is 5.26 Å². The number of hydrogen-bond acceptors (Lipinski definition) is 4. The van der Waals surface area contributed by atoms with Crippen LogP contribution in [0.2, 0.25) is 0 Å². The molecule has 0 spiro atoms. The normalized spacial score (nSPS) is 19.4. The first-order valence-electron chi connectivity index (χ1n) is 9.97. The summed E-state index contributed by atoms with van der Waals surface area (Å²) in [5.41, 5.74) is 1.74. The second-order valence-corrected chi connectivity index (χ2v) is 7.49. The minimum absolute atomic E-state index is 0.0674. The van der Waals surface area contributed by atoms with E-state index in [-0.39, 0.29) is 11.9 Å². The van der Waals surface area contributed by atoms with E-state index in [0.717, 1.165) is 56.0 Å². The molecule has 2 aliphatic heterocycles. The van der Waals surface area contributed by atoms with Gasteiger partial charge in [-0.1, -0.05) is 18.6 Å². The average molecular weight is 363 g/mol. The first-order valence-corrected chi connectivity index (χ1v) is 9.97. The molecule has 0 bridgehead atoms. The predicted octanol–water partition coefficient (Wildman–Crippen LogP) is 3.17. The molecule has 0 radical (unpaired) electrons. The summed E-state index contributed by atoms with van der Waals surface area (Å²) < 4.78 is 2.27. The van der Waals surface area contributed by atoms with Gasteiger partial charge in [0, 0.05) is 25.9 Å². The molecule has 0 aliphatic carbocycles. The summed E-state index contributed by atoms with van der Waals surface area (Å²) in [6.07, 6.45) is 7.76. The zero-order valence-corrected chi connectivity index (χ0v) is 15.6. The van der Waals surface area contributed by atoms with Gasteiger partial charge in [-0.05, 0) is 49.8 Å². The lowest BCUT2D eigenvalue weighted by Crippen LogP contribution is -2.32. The van der Waals surface area contributed by atoms with Gasteiger partial charge >= 0.3 is 0 Å². The third kappa shape index (κ3) is 3.73. The van der Waals surface area contributed by atoms with Gasteiger partial charge in [-0.15, -0.1) is 10.2 Å². The number of rotatable bonds is 4. The van der Waals surface area contributed by atoms with Crippen LogP contribution in [0.25, 0.3) is 0 Å². The van der Waals surface area contributed by atoms with Gasteiger partial charge in [0.1, 0.15) is 5.82 Å². The number of likely N-dealkylation sites (tertiary alicyclic amines) is 1. The van der Waals surface area contributed by atoms with Crippen LogP contribution in [0.4, 0.5) is 0 Å². The Morgan fingerprint density at radius 3 is 2.78 bits per heavy atom. The van der Waals surface area contributed by atoms with Gasteiger partial charge in [-0.3, -0.25) is 4.79 Å². The molecule has 2 aliphatic rings. The van der Waals surface area contributed by atoms with Crippen molar-refractivity contribution in [1.82, 2.24) is 19.7 Å². The van der Waals surface area contributed by atoms with Gasteiger partial charge in [0.25, 0.3) is 0 Å². The van der Waals surface area contributed by atoms with Crippen LogP contribution in [0.5, 0.6) is 0 Å². The van der Waals surface area contributed by atoms with E-state index >= 15 is 0 Å². The highest BCUT2D eigenvalue weighted by Crippen LogP contribution is 2.33. The molecule has 2 aromatic rings. The zero-order chi connectivity index (χ0) is 18.6. The maximum Gasteiger partial charge on any atom is 0.223 e. The molecule has 1 amide bonds. The maximum atomic E-state index is 12.9. The molecule has 4 rings (SSSR count). The Morgan fingerprint density at radius 1 is 1.11 bits per heavy atom. The first-order chi connectivity index (χ1) is 13.3. The predicted molar refractivity (Wildman–Crippen MR) is 101 cm³/mol. The fourth-order valence-electron chi connectivity index (χ4n) is 4.23. The number of fused-ring (bicyclic) bond motifs is 1. The van der Waals surface area contributed by atoms with Crippen LogP contribution in [0.15, 0.2) is 24.3 Å². The van der Waals surface area contributed by atoms with Crippen LogP contribution in [0, 0.1) is 11.3 Å². The van der Waals surface area contributed by atoms with Gasteiger partial charge in [-0.25, -0.2) is 0 Å². The van der Waals surface area contributed by atoms with E-state index in [1.165, 1.54) is 12.8 Å². The quantitative estimate of drug-likeness (QED) is 0.836. The molecule has 1 atom stereocenters. The van der Waals surface area contributed by atoms with Gasteiger partial charge < -0.3 is 9.47 Å². The average Bonchev–Trinajstić information content (AvgIpc) is 3.27. The summed E-state index contributed by atoms with van der Waals surface area (Å²) in [6.45, 7) is 1.78. The van der Waals surface area contributed by atoms with E-state index in [0.29, 0.717) is 18.4 Å². The number of carbonyl (C=O) groups excluding carboxylic acids is 1. The van der Waals surface area contributed by atoms with Crippen LogP contribution in [-0.2, 0) is 24.2 Å². The van der Waals surface area contributed by atoms with Crippen LogP contribution in [0.3, 0.4) is 0 Å². The number of nitrogens with zero attached hydrogens (tertiary/aromatic N) is 5. The molecular weight excluding hydrogens is 338 g/mol. The summed E-state index contributed by atoms with van der Waals surface area (Å²) in [4.78, 5) is 14.9. The van der Waals surface area contributed by atoms with Gasteiger partial charge in [0.05, 0.1) is 17.7 Å². The molecule has 0 N–H and O–H groups in total. The van der Waals surface area contributed by atoms with Crippen molar-refractivity contribution in [1.29, 1.82) is 5.26 Å². The maximum absolute atomic E-state index is 12.9. The van der Waals surface area contributed by atoms with Crippen molar-refractivity contribution in [3.8, 4) is 6.07 Å². The number of nitriles is 1. The Hall–Kier alpha value is -2.68. The molecule has 140 valence electrons. The van der Waals surface area contributed by atoms with Crippen molar-refractivity contribution in [3.63, 3.8) is 0 Å². The molecule has 1 aromatic carbocycles. The van der Waals surface area contributed by atoms with Crippen LogP contribution in [-0.4, -0.2) is 32.1 Å². The standard InChI is InChI=1S/C21H25N5O/c22-15-17-9-7-16(8-10-17)11-12-20(27)25-14-4-5-18(25)21-24-23-19-6-2-1-3-13-26(19)21/h7-10,18H,1-6,11-14H2/t18-/m0/s1. The fourth-order valence-corrected chi connectivity index (χ4v) is 4.23. The van der Waals surface area contributed by atoms with E-state index in [2.05, 4.69) is 20.8 Å². The van der Waals surface area contributed by atoms with Crippen molar-refractivity contribution >= 4 is 5.91 Å². The highest BCUT2D eigenvalue weighted by atomic mass is 16.2. The van der Waals surface area contributed by atoms with E-state index in [1.807, 2.05) is 29.2 Å². The zero-order valence-electron chi connectivity index (χ0n) is 15.6. The van der Waals surface area contributed by atoms with Crippen molar-refractivity contribution in [2.45, 2.75) is 64.0 Å². The molecule has 1 aromatic heterocycles. The number of carbonyl (C=O) groups is 1. The molecule has 6 heteroatoms. The molecule has 1 saturated heterocycles. The van der Waals surface area contributed by atoms with Gasteiger partial charge in [0.15, 0.2) is 5.82 Å². The Kier molecular flexibility index (Phi) is 5.19. The minimum atomic E-state index is 0.0674. The summed E-state index contributed by atoms with van der Waals surface area (Å²) in [7, 11) is 0. The van der Waals surface area contributed by atoms with E-state index < -0.39 is 0 Å². The topological polar surface area (TPSA) is 74.8 Å². The Balaban J connectivity index is 1.44. The number of benzene rings is 1. The molecule has 1 fully saturated rings. The van der Waals surface area contributed by atoms with Crippen LogP contribution in [0.1, 0.15) is 67.3 Å². The number of amides is 1. The fraction of sp³-hybridized carbons (Fsp3) is 0.524. The highest BCUT2D eigenvalue weighted by molar-refractivity contribution is 5.77. The van der Waals surface area contributed by atoms with Crippen molar-refractivity contribution in [2.24, 2.45) is 0 Å². The summed E-state index contributed by atoms with van der Waals surface area (Å²) in [5, 5.41) is 17.8. The lowest BCUT2D eigenvalue weighted by Gasteiger charge is -2.25. The van der Waals surface area contributed by atoms with E-state index in [9.17, 15) is 4.79 Å². The summed E-state index contributed by atoms with van der Waals surface area (Å²) in [5.74, 6) is 2.25. The smallest absolute Gasteiger partial charge is 0.223 e. The number of hydrogen-bond donors (Lipinski definition) is 0. The van der Waals surface area contributed by atoms with Crippen LogP contribution >= 0.6 is 0 Å². The number of aromatic nitrogens is 3. The lowest BCUT2D eigenvalue weighted by molar-refractivity contribution is -0.132. The monoisotopic (exact) mass is 363 g/mol. The molecular formula is C21H25N5O. The van der Waals surface area contributed by atoms with Crippen LogP contribution < -0.4 is 0 Å². The first kappa shape index (κ1) is 17.7. The Labute approximate surface area is 159 Å². The van der Waals surface area contributed by atoms with Crippen molar-refractivity contribution in [2.75, 3.05) is 6.54 Å². The lowest BCUT2D eigenvalue weighted by atomic mass is 10.1. The second-order valence-electron chi connectivity index (χ2n) is 7.49. The van der Waals surface area contributed by atoms with Gasteiger partial charge in [-0.2, -0.15) is 5.26 Å². The summed E-state index contributed by atoms with van der Waals surface area (Å²) in [6, 6.07) is 9.68. The van der Waals surface area contributed by atoms with E-state index in [1.54, 1.807) is 0 Å². The Bertz CT molecular complexity index is 848. The molecule has 0 unspecified atom stereocenters. The SMILES string of the molecule is N#Cc1ccc(CCC(=O)N2CCC[C@H]2c2nnc3n2CCCCC3)cc1. The Morgan fingerprint density at radius 2 is 1.96 bits per heavy atom. The molecule has 27 heavy (non-hydrogen) atoms. The molecule has 0 saturated carbocycles. The third-order valence-corrected chi connectivity index (χ3v) is 5.72. The van der Waals surface area contributed by atoms with Gasteiger partial charge in [0.2, 0.25) is 5.91 Å². The third-order valence-electron chi connectivity index (χ3n) is 5.72. The largest absolute Gasteiger partial charge is 0.332 e. The summed E-state index contributed by atoms with van der Waals surface area (Å²) >= 11 is 0. The second kappa shape index (κ2) is 7.91. The number of aryl methyl sites for hydroxylation is 2.